The SMILES string of the molecule is N#Cc1cc(F)ccc1NCC(Cc1ccc(F)cc1)C(N)=O. The molecule has 4 nitrogen and oxygen atoms in total. The molecule has 1 unspecified atom stereocenters. The zero-order valence-corrected chi connectivity index (χ0v) is 12.2. The van der Waals surface area contributed by atoms with Crippen LogP contribution in [0.2, 0.25) is 0 Å². The van der Waals surface area contributed by atoms with Crippen molar-refractivity contribution < 1.29 is 13.6 Å². The number of nitrogens with two attached hydrogens (primary N) is 1. The summed E-state index contributed by atoms with van der Waals surface area (Å²) in [5.41, 5.74) is 6.75. The molecule has 3 N–H and O–H groups in total. The van der Waals surface area contributed by atoms with Crippen molar-refractivity contribution >= 4 is 11.6 Å². The number of nitrogens with one attached hydrogen (secondary N) is 1. The van der Waals surface area contributed by atoms with Crippen LogP contribution in [0.25, 0.3) is 0 Å². The number of halogens is 2. The molecule has 1 amide bonds. The maximum absolute atomic E-state index is 13.1. The third-order valence-electron chi connectivity index (χ3n) is 3.44. The molecule has 0 bridgehead atoms. The minimum atomic E-state index is -0.544. The van der Waals surface area contributed by atoms with Crippen LogP contribution in [0.15, 0.2) is 42.5 Å². The van der Waals surface area contributed by atoms with Gasteiger partial charge in [-0.25, -0.2) is 8.78 Å². The molecule has 0 heterocycles. The number of hydrogen-bond donors (Lipinski definition) is 2. The Morgan fingerprint density at radius 3 is 2.43 bits per heavy atom. The fourth-order valence-electron chi connectivity index (χ4n) is 2.17. The summed E-state index contributed by atoms with van der Waals surface area (Å²) < 4.78 is 26.0. The van der Waals surface area contributed by atoms with Crippen LogP contribution in [-0.2, 0) is 11.2 Å². The summed E-state index contributed by atoms with van der Waals surface area (Å²) in [6.07, 6.45) is 0.339. The van der Waals surface area contributed by atoms with Gasteiger partial charge in [0.1, 0.15) is 17.7 Å². The Balaban J connectivity index is 2.07. The monoisotopic (exact) mass is 315 g/mol. The molecule has 2 rings (SSSR count). The molecule has 0 aliphatic heterocycles. The van der Waals surface area contributed by atoms with Gasteiger partial charge in [0.2, 0.25) is 5.91 Å². The van der Waals surface area contributed by atoms with E-state index >= 15 is 0 Å². The van der Waals surface area contributed by atoms with Crippen LogP contribution in [0, 0.1) is 28.9 Å². The molecular weight excluding hydrogens is 300 g/mol. The number of amides is 1. The van der Waals surface area contributed by atoms with E-state index < -0.39 is 17.6 Å². The second-order valence-electron chi connectivity index (χ2n) is 5.11. The summed E-state index contributed by atoms with van der Waals surface area (Å²) in [7, 11) is 0. The Morgan fingerprint density at radius 2 is 1.83 bits per heavy atom. The number of carbonyl (C=O) groups excluding carboxylic acids is 1. The third-order valence-corrected chi connectivity index (χ3v) is 3.44. The fourth-order valence-corrected chi connectivity index (χ4v) is 2.17. The molecule has 2 aromatic carbocycles. The minimum absolute atomic E-state index is 0.148. The molecule has 6 heteroatoms. The van der Waals surface area contributed by atoms with Crippen molar-refractivity contribution in [3.63, 3.8) is 0 Å². The summed E-state index contributed by atoms with van der Waals surface area (Å²) in [5, 5.41) is 11.9. The van der Waals surface area contributed by atoms with Crippen molar-refractivity contribution in [3.8, 4) is 6.07 Å². The van der Waals surface area contributed by atoms with Crippen LogP contribution in [0.3, 0.4) is 0 Å². The summed E-state index contributed by atoms with van der Waals surface area (Å²) in [5.74, 6) is -1.92. The molecule has 2 aromatic rings. The van der Waals surface area contributed by atoms with Gasteiger partial charge in [-0.05, 0) is 42.3 Å². The van der Waals surface area contributed by atoms with Gasteiger partial charge in [0, 0.05) is 6.54 Å². The smallest absolute Gasteiger partial charge is 0.222 e. The van der Waals surface area contributed by atoms with Crippen LogP contribution in [-0.4, -0.2) is 12.5 Å². The molecule has 0 radical (unpaired) electrons. The normalized spacial score (nSPS) is 11.5. The molecule has 0 aliphatic rings. The van der Waals surface area contributed by atoms with Crippen molar-refractivity contribution in [2.24, 2.45) is 11.7 Å². The lowest BCUT2D eigenvalue weighted by molar-refractivity contribution is -0.121. The Bertz CT molecular complexity index is 738. The Morgan fingerprint density at radius 1 is 1.17 bits per heavy atom. The van der Waals surface area contributed by atoms with E-state index in [1.165, 1.54) is 24.3 Å². The molecule has 1 atom stereocenters. The molecule has 0 saturated heterocycles. The molecule has 0 fully saturated rings. The van der Waals surface area contributed by atoms with E-state index in [2.05, 4.69) is 5.32 Å². The minimum Gasteiger partial charge on any atom is -0.383 e. The average molecular weight is 315 g/mol. The molecule has 0 spiro atoms. The van der Waals surface area contributed by atoms with Crippen molar-refractivity contribution in [3.05, 3.63) is 65.2 Å². The van der Waals surface area contributed by atoms with Crippen molar-refractivity contribution in [2.75, 3.05) is 11.9 Å². The van der Waals surface area contributed by atoms with Crippen LogP contribution < -0.4 is 11.1 Å². The van der Waals surface area contributed by atoms with E-state index in [1.807, 2.05) is 6.07 Å². The van der Waals surface area contributed by atoms with Crippen molar-refractivity contribution in [2.45, 2.75) is 6.42 Å². The second kappa shape index (κ2) is 7.36. The second-order valence-corrected chi connectivity index (χ2v) is 5.11. The van der Waals surface area contributed by atoms with Crippen molar-refractivity contribution in [1.29, 1.82) is 5.26 Å². The van der Waals surface area contributed by atoms with Gasteiger partial charge in [0.15, 0.2) is 0 Å². The van der Waals surface area contributed by atoms with Gasteiger partial charge < -0.3 is 11.1 Å². The van der Waals surface area contributed by atoms with E-state index in [0.29, 0.717) is 12.1 Å². The maximum atomic E-state index is 13.1. The lowest BCUT2D eigenvalue weighted by Gasteiger charge is -2.16. The zero-order chi connectivity index (χ0) is 16.8. The summed E-state index contributed by atoms with van der Waals surface area (Å²) >= 11 is 0. The zero-order valence-electron chi connectivity index (χ0n) is 12.2. The number of carbonyl (C=O) groups is 1. The first-order chi connectivity index (χ1) is 11.0. The summed E-state index contributed by atoms with van der Waals surface area (Å²) in [6, 6.07) is 11.5. The van der Waals surface area contributed by atoms with Gasteiger partial charge >= 0.3 is 0 Å². The van der Waals surface area contributed by atoms with Crippen LogP contribution >= 0.6 is 0 Å². The first kappa shape index (κ1) is 16.4. The van der Waals surface area contributed by atoms with E-state index in [9.17, 15) is 13.6 Å². The lowest BCUT2D eigenvalue weighted by atomic mass is 9.98. The standard InChI is InChI=1S/C17H15F2N3O/c18-14-3-1-11(2-4-14)7-13(17(21)23)10-22-16-6-5-15(19)8-12(16)9-20/h1-6,8,13,22H,7,10H2,(H2,21,23). The molecule has 118 valence electrons. The number of primary amides is 1. The van der Waals surface area contributed by atoms with Crippen LogP contribution in [0.5, 0.6) is 0 Å². The molecule has 23 heavy (non-hydrogen) atoms. The van der Waals surface area contributed by atoms with Gasteiger partial charge in [-0.15, -0.1) is 0 Å². The van der Waals surface area contributed by atoms with Gasteiger partial charge in [0.25, 0.3) is 0 Å². The third kappa shape index (κ3) is 4.51. The first-order valence-electron chi connectivity index (χ1n) is 6.97. The Hall–Kier alpha value is -2.94. The number of anilines is 1. The van der Waals surface area contributed by atoms with E-state index in [0.717, 1.165) is 11.6 Å². The molecule has 0 aliphatic carbocycles. The van der Waals surface area contributed by atoms with E-state index in [4.69, 9.17) is 11.0 Å². The molecular formula is C17H15F2N3O. The number of nitrogens with zero attached hydrogens (tertiary/aromatic N) is 1. The topological polar surface area (TPSA) is 78.9 Å². The number of hydrogen-bond acceptors (Lipinski definition) is 3. The highest BCUT2D eigenvalue weighted by molar-refractivity contribution is 5.77. The summed E-state index contributed by atoms with van der Waals surface area (Å²) in [4.78, 5) is 11.6. The Kier molecular flexibility index (Phi) is 5.26. The van der Waals surface area contributed by atoms with Gasteiger partial charge in [0.05, 0.1) is 17.2 Å². The lowest BCUT2D eigenvalue weighted by Crippen LogP contribution is -2.31. The first-order valence-corrected chi connectivity index (χ1v) is 6.97. The predicted octanol–water partition coefficient (Wildman–Crippen LogP) is 2.59. The van der Waals surface area contributed by atoms with Gasteiger partial charge in [-0.1, -0.05) is 12.1 Å². The van der Waals surface area contributed by atoms with Gasteiger partial charge in [-0.3, -0.25) is 4.79 Å². The van der Waals surface area contributed by atoms with Crippen LogP contribution in [0.4, 0.5) is 14.5 Å². The maximum Gasteiger partial charge on any atom is 0.222 e. The predicted molar refractivity (Wildman–Crippen MR) is 82.4 cm³/mol. The summed E-state index contributed by atoms with van der Waals surface area (Å²) in [6.45, 7) is 0.188. The highest BCUT2D eigenvalue weighted by Crippen LogP contribution is 2.17. The molecule has 0 saturated carbocycles. The van der Waals surface area contributed by atoms with E-state index in [-0.39, 0.29) is 17.9 Å². The quantitative estimate of drug-likeness (QED) is 0.860. The highest BCUT2D eigenvalue weighted by atomic mass is 19.1. The largest absolute Gasteiger partial charge is 0.383 e. The average Bonchev–Trinajstić information content (AvgIpc) is 2.53. The van der Waals surface area contributed by atoms with E-state index in [1.54, 1.807) is 12.1 Å². The fraction of sp³-hybridized carbons (Fsp3) is 0.176. The number of benzene rings is 2. The highest BCUT2D eigenvalue weighted by Gasteiger charge is 2.17. The Labute approximate surface area is 132 Å². The molecule has 0 aromatic heterocycles. The van der Waals surface area contributed by atoms with Gasteiger partial charge in [-0.2, -0.15) is 5.26 Å². The van der Waals surface area contributed by atoms with Crippen molar-refractivity contribution in [1.82, 2.24) is 0 Å². The van der Waals surface area contributed by atoms with Crippen LogP contribution in [0.1, 0.15) is 11.1 Å². The number of nitriles is 1. The number of rotatable bonds is 6.